The van der Waals surface area contributed by atoms with Crippen molar-refractivity contribution < 1.29 is 19.1 Å². The normalized spacial score (nSPS) is 40.2. The minimum absolute atomic E-state index is 0.00462. The van der Waals surface area contributed by atoms with Crippen LogP contribution in [0.4, 0.5) is 5.69 Å². The zero-order valence-corrected chi connectivity index (χ0v) is 19.5. The number of carbonyl (C=O) groups is 3. The summed E-state index contributed by atoms with van der Waals surface area (Å²) in [6.07, 6.45) is 6.55. The third-order valence-corrected chi connectivity index (χ3v) is 9.81. The van der Waals surface area contributed by atoms with Crippen LogP contribution in [0, 0.1) is 11.3 Å². The monoisotopic (exact) mass is 447 g/mol. The second kappa shape index (κ2) is 5.29. The molecule has 0 radical (unpaired) electrons. The molecule has 7 aliphatic rings. The van der Waals surface area contributed by atoms with Crippen LogP contribution in [0.15, 0.2) is 18.2 Å². The summed E-state index contributed by atoms with van der Waals surface area (Å²) in [5.41, 5.74) is -1.03. The second-order valence-corrected chi connectivity index (χ2v) is 12.0. The number of benzene rings is 1. The lowest BCUT2D eigenvalue weighted by Crippen LogP contribution is -2.81. The fourth-order valence-electron chi connectivity index (χ4n) is 8.18. The van der Waals surface area contributed by atoms with E-state index in [1.807, 2.05) is 30.9 Å². The van der Waals surface area contributed by atoms with Crippen molar-refractivity contribution in [1.82, 2.24) is 10.2 Å². The van der Waals surface area contributed by atoms with Gasteiger partial charge in [0.25, 0.3) is 0 Å². The lowest BCUT2D eigenvalue weighted by Gasteiger charge is -2.59. The van der Waals surface area contributed by atoms with Crippen LogP contribution in [-0.4, -0.2) is 45.8 Å². The Bertz CT molecular complexity index is 1230. The number of anilines is 1. The van der Waals surface area contributed by atoms with Crippen LogP contribution < -0.4 is 15.4 Å². The number of nitrogens with zero attached hydrogens (tertiary/aromatic N) is 1. The maximum Gasteiger partial charge on any atom is 0.249 e. The van der Waals surface area contributed by atoms with Gasteiger partial charge in [0.2, 0.25) is 17.7 Å². The van der Waals surface area contributed by atoms with Gasteiger partial charge in [-0.25, -0.2) is 0 Å². The maximum atomic E-state index is 13.9. The Morgan fingerprint density at radius 3 is 2.67 bits per heavy atom. The third kappa shape index (κ3) is 1.91. The number of amides is 3. The van der Waals surface area contributed by atoms with Crippen LogP contribution in [0.3, 0.4) is 0 Å². The van der Waals surface area contributed by atoms with Crippen molar-refractivity contribution in [1.29, 1.82) is 0 Å². The highest BCUT2D eigenvalue weighted by Gasteiger charge is 2.80. The lowest BCUT2D eigenvalue weighted by atomic mass is 9.57. The molecule has 33 heavy (non-hydrogen) atoms. The molecule has 4 atom stereocenters. The molecule has 7 heteroatoms. The van der Waals surface area contributed by atoms with Crippen molar-refractivity contribution in [2.75, 3.05) is 11.9 Å². The van der Waals surface area contributed by atoms with Gasteiger partial charge in [0.1, 0.15) is 22.4 Å². The van der Waals surface area contributed by atoms with E-state index in [0.29, 0.717) is 25.8 Å². The summed E-state index contributed by atoms with van der Waals surface area (Å²) in [7, 11) is 0. The molecule has 172 valence electrons. The topological polar surface area (TPSA) is 87.7 Å². The fraction of sp³-hybridized carbons (Fsp3) is 0.577. The lowest BCUT2D eigenvalue weighted by molar-refractivity contribution is -0.175. The van der Waals surface area contributed by atoms with Gasteiger partial charge in [-0.2, -0.15) is 0 Å². The third-order valence-electron chi connectivity index (χ3n) is 9.81. The fourth-order valence-corrected chi connectivity index (χ4v) is 8.18. The Morgan fingerprint density at radius 1 is 1.09 bits per heavy atom. The molecule has 3 amide bonds. The number of ether oxygens (including phenoxy) is 1. The van der Waals surface area contributed by atoms with E-state index >= 15 is 0 Å². The zero-order valence-electron chi connectivity index (χ0n) is 19.5. The molecule has 1 saturated carbocycles. The molecule has 5 fully saturated rings. The molecule has 0 aromatic heterocycles. The minimum Gasteiger partial charge on any atom is -0.483 e. The summed E-state index contributed by atoms with van der Waals surface area (Å²) in [6, 6.07) is 3.98. The first kappa shape index (κ1) is 19.6. The molecule has 3 spiro atoms. The zero-order chi connectivity index (χ0) is 23.2. The molecule has 4 saturated heterocycles. The van der Waals surface area contributed by atoms with E-state index < -0.39 is 27.5 Å². The molecule has 0 unspecified atom stereocenters. The molecule has 7 nitrogen and oxygen atoms in total. The first-order valence-corrected chi connectivity index (χ1v) is 12.0. The first-order chi connectivity index (χ1) is 15.5. The largest absolute Gasteiger partial charge is 0.483 e. The number of rotatable bonds is 0. The van der Waals surface area contributed by atoms with Crippen LogP contribution in [-0.2, 0) is 19.8 Å². The smallest absolute Gasteiger partial charge is 0.249 e. The number of nitrogens with one attached hydrogen (secondary N) is 2. The Morgan fingerprint density at radius 2 is 1.88 bits per heavy atom. The van der Waals surface area contributed by atoms with Crippen molar-refractivity contribution >= 4 is 29.5 Å². The molecule has 1 aromatic carbocycles. The summed E-state index contributed by atoms with van der Waals surface area (Å²) in [6.45, 7) is 8.86. The summed E-state index contributed by atoms with van der Waals surface area (Å²) >= 11 is 0. The van der Waals surface area contributed by atoms with E-state index in [0.717, 1.165) is 29.0 Å². The van der Waals surface area contributed by atoms with E-state index in [2.05, 4.69) is 36.6 Å². The Kier molecular flexibility index (Phi) is 3.14. The maximum absolute atomic E-state index is 13.9. The van der Waals surface area contributed by atoms with E-state index in [9.17, 15) is 14.4 Å². The summed E-state index contributed by atoms with van der Waals surface area (Å²) < 4.78 is 6.15. The van der Waals surface area contributed by atoms with Crippen LogP contribution in [0.5, 0.6) is 5.75 Å². The van der Waals surface area contributed by atoms with Gasteiger partial charge >= 0.3 is 0 Å². The highest BCUT2D eigenvalue weighted by Crippen LogP contribution is 2.70. The van der Waals surface area contributed by atoms with E-state index in [1.54, 1.807) is 0 Å². The van der Waals surface area contributed by atoms with Gasteiger partial charge in [-0.1, -0.05) is 19.9 Å². The van der Waals surface area contributed by atoms with Gasteiger partial charge in [0.05, 0.1) is 5.41 Å². The highest BCUT2D eigenvalue weighted by atomic mass is 16.5. The Labute approximate surface area is 192 Å². The number of hydrogen-bond acceptors (Lipinski definition) is 4. The summed E-state index contributed by atoms with van der Waals surface area (Å²) in [5.74, 6) is 0.522. The number of carbonyl (C=O) groups excluding carboxylic acids is 3. The molecule has 6 heterocycles. The van der Waals surface area contributed by atoms with Crippen molar-refractivity contribution in [3.63, 3.8) is 0 Å². The quantitative estimate of drug-likeness (QED) is 0.640. The van der Waals surface area contributed by atoms with Crippen molar-refractivity contribution in [2.45, 2.75) is 75.5 Å². The molecular formula is C26H29N3O4. The summed E-state index contributed by atoms with van der Waals surface area (Å²) in [4.78, 5) is 42.9. The predicted octanol–water partition coefficient (Wildman–Crippen LogP) is 2.74. The van der Waals surface area contributed by atoms with Gasteiger partial charge in [0.15, 0.2) is 0 Å². The average molecular weight is 448 g/mol. The van der Waals surface area contributed by atoms with Crippen molar-refractivity contribution in [2.24, 2.45) is 11.3 Å². The van der Waals surface area contributed by atoms with E-state index in [1.165, 1.54) is 0 Å². The van der Waals surface area contributed by atoms with Gasteiger partial charge in [-0.15, -0.1) is 0 Å². The predicted molar refractivity (Wildman–Crippen MR) is 122 cm³/mol. The van der Waals surface area contributed by atoms with E-state index in [-0.39, 0.29) is 23.6 Å². The Hall–Kier alpha value is -2.83. The number of hydrogen-bond donors (Lipinski definition) is 2. The van der Waals surface area contributed by atoms with Crippen LogP contribution in [0.1, 0.15) is 64.5 Å². The van der Waals surface area contributed by atoms with E-state index in [4.69, 9.17) is 4.74 Å². The van der Waals surface area contributed by atoms with Crippen LogP contribution in [0.2, 0.25) is 0 Å². The van der Waals surface area contributed by atoms with Gasteiger partial charge in [0, 0.05) is 29.8 Å². The van der Waals surface area contributed by atoms with Gasteiger partial charge in [-0.3, -0.25) is 14.4 Å². The van der Waals surface area contributed by atoms with Crippen LogP contribution >= 0.6 is 0 Å². The molecule has 1 aromatic rings. The van der Waals surface area contributed by atoms with Gasteiger partial charge in [-0.05, 0) is 62.7 Å². The average Bonchev–Trinajstić information content (AvgIpc) is 3.34. The highest BCUT2D eigenvalue weighted by molar-refractivity contribution is 6.11. The molecule has 2 bridgehead atoms. The molecular weight excluding hydrogens is 418 g/mol. The van der Waals surface area contributed by atoms with Crippen molar-refractivity contribution in [3.05, 3.63) is 29.3 Å². The van der Waals surface area contributed by atoms with Gasteiger partial charge < -0.3 is 20.3 Å². The second-order valence-electron chi connectivity index (χ2n) is 12.0. The van der Waals surface area contributed by atoms with Crippen molar-refractivity contribution in [3.8, 4) is 5.75 Å². The summed E-state index contributed by atoms with van der Waals surface area (Å²) in [5, 5.41) is 6.31. The number of piperidine rings is 2. The standard InChI is InChI=1S/C26H29N3O4/c1-22(2)8-6-14-10-15-16(11-17(14)33-22)27-20(31)25(15)13-26-18(23(25,3)4)12-24(19(30)28-26)7-5-9-29(24)21(26)32/h6,8,10-11,18H,5,7,9,12-13H2,1-4H3,(H,27,31)(H,28,30)/t18-,24+,25+,26+/m1/s1. The first-order valence-electron chi connectivity index (χ1n) is 12.0. The minimum atomic E-state index is -1.03. The Balaban J connectivity index is 1.43. The molecule has 6 aliphatic heterocycles. The number of piperazine rings is 1. The number of fused-ring (bicyclic) bond motifs is 4. The SMILES string of the molecule is CC1(C)C=Cc2cc3c(cc2O1)NC(=O)[C@]31C[C@@]23NC(=O)[C@]4(CCCN4C2=O)C[C@@H]3C1(C)C. The molecule has 8 rings (SSSR count). The molecule has 2 N–H and O–H groups in total. The molecule has 1 aliphatic carbocycles. The van der Waals surface area contributed by atoms with Crippen LogP contribution in [0.25, 0.3) is 6.08 Å².